The molecule has 236 valence electrons. The Bertz CT molecular complexity index is 1270. The normalized spacial score (nSPS) is 21.5. The van der Waals surface area contributed by atoms with Gasteiger partial charge in [0.25, 0.3) is 0 Å². The quantitative estimate of drug-likeness (QED) is 0.187. The van der Waals surface area contributed by atoms with Crippen molar-refractivity contribution in [1.29, 1.82) is 0 Å². The van der Waals surface area contributed by atoms with E-state index < -0.39 is 53.6 Å². The molecular formula is C29H40N4O9S. The molecule has 3 rings (SSSR count). The van der Waals surface area contributed by atoms with E-state index in [1.54, 1.807) is 0 Å². The molecule has 0 saturated carbocycles. The van der Waals surface area contributed by atoms with Crippen LogP contribution in [0.2, 0.25) is 0 Å². The van der Waals surface area contributed by atoms with Gasteiger partial charge < -0.3 is 33.6 Å². The standard InChI is InChI=1S/C29H40N4O9S/c1-7-8-9-13-33-24(16-39-22-12-10-11-17(2)14-22)31-32-29(33)43-28-25(30-18(3)34)27(41-21(6)37)26(40-20(5)36)23(42-28)15-38-19(4)35/h10-12,14,23,25-28H,7-9,13,15-16H2,1-6H3,(H,30,34)/t23-,25-,26-,27-,28-/m1/s1. The van der Waals surface area contributed by atoms with E-state index in [1.165, 1.54) is 27.7 Å². The number of unbranched alkanes of at least 4 members (excludes halogenated alkanes) is 2. The monoisotopic (exact) mass is 620 g/mol. The van der Waals surface area contributed by atoms with Crippen LogP contribution in [0.4, 0.5) is 0 Å². The lowest BCUT2D eigenvalue weighted by Gasteiger charge is -2.44. The Morgan fingerprint density at radius 2 is 1.72 bits per heavy atom. The van der Waals surface area contributed by atoms with E-state index in [9.17, 15) is 19.2 Å². The first kappa shape index (κ1) is 33.8. The van der Waals surface area contributed by atoms with Gasteiger partial charge in [0.15, 0.2) is 23.2 Å². The lowest BCUT2D eigenvalue weighted by molar-refractivity contribution is -0.211. The highest BCUT2D eigenvalue weighted by atomic mass is 32.2. The second-order valence-electron chi connectivity index (χ2n) is 10.2. The summed E-state index contributed by atoms with van der Waals surface area (Å²) in [7, 11) is 0. The Kier molecular flexibility index (Phi) is 12.8. The maximum absolute atomic E-state index is 12.3. The average Bonchev–Trinajstić information content (AvgIpc) is 3.30. The average molecular weight is 621 g/mol. The van der Waals surface area contributed by atoms with Crippen molar-refractivity contribution >= 4 is 35.6 Å². The summed E-state index contributed by atoms with van der Waals surface area (Å²) in [6.07, 6.45) is -0.485. The molecule has 1 N–H and O–H groups in total. The molecule has 14 heteroatoms. The Labute approximate surface area is 255 Å². The van der Waals surface area contributed by atoms with Gasteiger partial charge in [0.1, 0.15) is 36.5 Å². The van der Waals surface area contributed by atoms with Gasteiger partial charge in [-0.05, 0) is 31.0 Å². The lowest BCUT2D eigenvalue weighted by atomic mass is 9.97. The summed E-state index contributed by atoms with van der Waals surface area (Å²) >= 11 is 1.16. The van der Waals surface area contributed by atoms with E-state index >= 15 is 0 Å². The van der Waals surface area contributed by atoms with E-state index in [1.807, 2.05) is 35.8 Å². The zero-order chi connectivity index (χ0) is 31.5. The molecule has 0 bridgehead atoms. The smallest absolute Gasteiger partial charge is 0.303 e. The second-order valence-corrected chi connectivity index (χ2v) is 11.3. The largest absolute Gasteiger partial charge is 0.486 e. The van der Waals surface area contributed by atoms with Gasteiger partial charge in [0.2, 0.25) is 5.91 Å². The molecule has 13 nitrogen and oxygen atoms in total. The number of hydrogen-bond acceptors (Lipinski definition) is 12. The van der Waals surface area contributed by atoms with Crippen molar-refractivity contribution in [3.8, 4) is 5.75 Å². The SMILES string of the molecule is CCCCCn1c(COc2cccc(C)c2)nnc1S[C@H]1O[C@H](COC(C)=O)[C@@H](OC(C)=O)[C@H](OC(C)=O)[C@H]1NC(C)=O. The number of rotatable bonds is 14. The van der Waals surface area contributed by atoms with Crippen molar-refractivity contribution in [2.45, 2.75) is 109 Å². The van der Waals surface area contributed by atoms with Crippen LogP contribution in [0, 0.1) is 6.92 Å². The lowest BCUT2D eigenvalue weighted by Crippen LogP contribution is -2.65. The summed E-state index contributed by atoms with van der Waals surface area (Å²) in [5.74, 6) is -1.03. The minimum absolute atomic E-state index is 0.170. The fraction of sp³-hybridized carbons (Fsp3) is 0.586. The highest BCUT2D eigenvalue weighted by Gasteiger charge is 2.51. The van der Waals surface area contributed by atoms with Crippen LogP contribution in [-0.4, -0.2) is 75.0 Å². The summed E-state index contributed by atoms with van der Waals surface area (Å²) in [6, 6.07) is 6.73. The van der Waals surface area contributed by atoms with Gasteiger partial charge in [-0.3, -0.25) is 19.2 Å². The predicted molar refractivity (Wildman–Crippen MR) is 155 cm³/mol. The molecule has 1 aromatic heterocycles. The van der Waals surface area contributed by atoms with Crippen LogP contribution in [0.3, 0.4) is 0 Å². The third-order valence-electron chi connectivity index (χ3n) is 6.43. The van der Waals surface area contributed by atoms with Crippen LogP contribution in [0.1, 0.15) is 65.3 Å². The summed E-state index contributed by atoms with van der Waals surface area (Å²) < 4.78 is 30.5. The minimum atomic E-state index is -1.17. The van der Waals surface area contributed by atoms with E-state index in [2.05, 4.69) is 22.4 Å². The van der Waals surface area contributed by atoms with Gasteiger partial charge >= 0.3 is 17.9 Å². The molecule has 0 unspecified atom stereocenters. The third-order valence-corrected chi connectivity index (χ3v) is 7.58. The number of hydrogen-bond donors (Lipinski definition) is 1. The molecule has 2 heterocycles. The number of nitrogens with zero attached hydrogens (tertiary/aromatic N) is 3. The number of carbonyl (C=O) groups excluding carboxylic acids is 4. The predicted octanol–water partition coefficient (Wildman–Crippen LogP) is 3.10. The summed E-state index contributed by atoms with van der Waals surface area (Å²) in [5.41, 5.74) is 0.162. The number of ether oxygens (including phenoxy) is 5. The minimum Gasteiger partial charge on any atom is -0.486 e. The Hall–Kier alpha value is -3.65. The van der Waals surface area contributed by atoms with Crippen molar-refractivity contribution in [2.75, 3.05) is 6.61 Å². The Morgan fingerprint density at radius 3 is 2.35 bits per heavy atom. The van der Waals surface area contributed by atoms with Crippen molar-refractivity contribution < 1.29 is 42.9 Å². The first-order valence-corrected chi connectivity index (χ1v) is 15.0. The Balaban J connectivity index is 1.97. The summed E-state index contributed by atoms with van der Waals surface area (Å²) in [5, 5.41) is 12.1. The fourth-order valence-electron chi connectivity index (χ4n) is 4.61. The van der Waals surface area contributed by atoms with E-state index in [0.29, 0.717) is 23.3 Å². The van der Waals surface area contributed by atoms with Gasteiger partial charge in [0.05, 0.1) is 0 Å². The van der Waals surface area contributed by atoms with Gasteiger partial charge in [-0.25, -0.2) is 0 Å². The fourth-order valence-corrected chi connectivity index (χ4v) is 5.79. The van der Waals surface area contributed by atoms with Crippen molar-refractivity contribution in [2.24, 2.45) is 0 Å². The van der Waals surface area contributed by atoms with Crippen molar-refractivity contribution in [3.63, 3.8) is 0 Å². The maximum Gasteiger partial charge on any atom is 0.303 e. The number of benzene rings is 1. The summed E-state index contributed by atoms with van der Waals surface area (Å²) in [6.45, 7) is 9.53. The zero-order valence-corrected chi connectivity index (χ0v) is 26.2. The number of nitrogens with one attached hydrogen (secondary N) is 1. The molecular weight excluding hydrogens is 580 g/mol. The van der Waals surface area contributed by atoms with Crippen molar-refractivity contribution in [3.05, 3.63) is 35.7 Å². The Morgan fingerprint density at radius 1 is 1.00 bits per heavy atom. The molecule has 0 aliphatic carbocycles. The maximum atomic E-state index is 12.3. The first-order chi connectivity index (χ1) is 20.5. The van der Waals surface area contributed by atoms with Crippen LogP contribution >= 0.6 is 11.8 Å². The first-order valence-electron chi connectivity index (χ1n) is 14.2. The number of aryl methyl sites for hydroxylation is 1. The van der Waals surface area contributed by atoms with Gasteiger partial charge in [-0.15, -0.1) is 10.2 Å². The van der Waals surface area contributed by atoms with Crippen LogP contribution in [0.25, 0.3) is 0 Å². The third kappa shape index (κ3) is 10.2. The van der Waals surface area contributed by atoms with E-state index in [-0.39, 0.29) is 13.2 Å². The van der Waals surface area contributed by atoms with E-state index in [0.717, 1.165) is 36.6 Å². The number of aromatic nitrogens is 3. The van der Waals surface area contributed by atoms with Gasteiger partial charge in [0, 0.05) is 34.2 Å². The molecule has 1 amide bonds. The summed E-state index contributed by atoms with van der Waals surface area (Å²) in [4.78, 5) is 48.2. The molecule has 2 aromatic rings. The highest BCUT2D eigenvalue weighted by molar-refractivity contribution is 7.99. The number of esters is 3. The molecule has 1 saturated heterocycles. The van der Waals surface area contributed by atoms with Gasteiger partial charge in [-0.2, -0.15) is 0 Å². The molecule has 1 aliphatic rings. The molecule has 1 fully saturated rings. The van der Waals surface area contributed by atoms with Crippen molar-refractivity contribution in [1.82, 2.24) is 20.1 Å². The molecule has 0 radical (unpaired) electrons. The van der Waals surface area contributed by atoms with Gasteiger partial charge in [-0.1, -0.05) is 43.7 Å². The van der Waals surface area contributed by atoms with Crippen LogP contribution < -0.4 is 10.1 Å². The van der Waals surface area contributed by atoms with E-state index in [4.69, 9.17) is 23.7 Å². The highest BCUT2D eigenvalue weighted by Crippen LogP contribution is 2.36. The number of amides is 1. The second kappa shape index (κ2) is 16.3. The molecule has 1 aliphatic heterocycles. The topological polar surface area (TPSA) is 157 Å². The van der Waals surface area contributed by atoms with Crippen LogP contribution in [0.5, 0.6) is 5.75 Å². The molecule has 1 aromatic carbocycles. The zero-order valence-electron chi connectivity index (χ0n) is 25.4. The molecule has 5 atom stereocenters. The van der Waals surface area contributed by atoms with Crippen LogP contribution in [0.15, 0.2) is 29.4 Å². The number of carbonyl (C=O) groups is 4. The van der Waals surface area contributed by atoms with Crippen LogP contribution in [-0.2, 0) is 51.3 Å². The molecule has 0 spiro atoms. The number of thioether (sulfide) groups is 1. The molecule has 43 heavy (non-hydrogen) atoms.